The predicted molar refractivity (Wildman–Crippen MR) is 44.1 cm³/mol. The zero-order chi connectivity index (χ0) is 10.0. The van der Waals surface area contributed by atoms with Crippen molar-refractivity contribution in [1.29, 1.82) is 0 Å². The van der Waals surface area contributed by atoms with Crippen molar-refractivity contribution >= 4 is 18.2 Å². The van der Waals surface area contributed by atoms with Crippen LogP contribution < -0.4 is 11.1 Å². The summed E-state index contributed by atoms with van der Waals surface area (Å²) < 4.78 is 0.531. The van der Waals surface area contributed by atoms with Gasteiger partial charge < -0.3 is 5.11 Å². The summed E-state index contributed by atoms with van der Waals surface area (Å²) in [7, 11) is 0. The first-order valence-electron chi connectivity index (χ1n) is 3.16. The van der Waals surface area contributed by atoms with Gasteiger partial charge in [-0.1, -0.05) is 0 Å². The van der Waals surface area contributed by atoms with Gasteiger partial charge >= 0.3 is 17.1 Å². The topological polar surface area (TPSA) is 108 Å². The van der Waals surface area contributed by atoms with E-state index >= 15 is 0 Å². The molecule has 1 heterocycles. The molecule has 7 nitrogen and oxygen atoms in total. The Morgan fingerprint density at radius 3 is 2.62 bits per heavy atom. The minimum Gasteiger partial charge on any atom is -0.480 e. The summed E-state index contributed by atoms with van der Waals surface area (Å²) in [6, 6.07) is 0. The Bertz CT molecular complexity index is 495. The van der Waals surface area contributed by atoms with Crippen LogP contribution >= 0.6 is 12.2 Å². The van der Waals surface area contributed by atoms with Crippen molar-refractivity contribution < 1.29 is 9.90 Å². The van der Waals surface area contributed by atoms with E-state index in [-0.39, 0.29) is 4.77 Å². The van der Waals surface area contributed by atoms with Crippen LogP contribution in [-0.4, -0.2) is 25.8 Å². The number of hydrogen-bond acceptors (Lipinski definition) is 4. The molecule has 3 N–H and O–H groups in total. The molecule has 0 aliphatic heterocycles. The van der Waals surface area contributed by atoms with Crippen LogP contribution in [0.2, 0.25) is 0 Å². The molecule has 1 aromatic heterocycles. The molecule has 0 aliphatic carbocycles. The van der Waals surface area contributed by atoms with E-state index in [9.17, 15) is 14.4 Å². The Morgan fingerprint density at radius 1 is 1.46 bits per heavy atom. The Balaban J connectivity index is 3.44. The molecule has 0 aromatic carbocycles. The third-order valence-corrected chi connectivity index (χ3v) is 1.58. The van der Waals surface area contributed by atoms with Crippen molar-refractivity contribution in [2.24, 2.45) is 0 Å². The number of H-pyrrole nitrogens is 2. The predicted octanol–water partition coefficient (Wildman–Crippen LogP) is -1.32. The van der Waals surface area contributed by atoms with Crippen LogP contribution in [0.1, 0.15) is 0 Å². The molecule has 0 bridgehead atoms. The fourth-order valence-electron chi connectivity index (χ4n) is 0.725. The Labute approximate surface area is 75.6 Å². The Kier molecular flexibility index (Phi) is 2.42. The molecule has 0 saturated heterocycles. The maximum absolute atomic E-state index is 11.0. The quantitative estimate of drug-likeness (QED) is 0.408. The second kappa shape index (κ2) is 3.35. The number of carboxylic acids is 1. The van der Waals surface area contributed by atoms with E-state index in [1.807, 2.05) is 5.10 Å². The van der Waals surface area contributed by atoms with Crippen molar-refractivity contribution in [3.63, 3.8) is 0 Å². The standard InChI is InChI=1S/C5H5N3O4S/c9-2(10)1-8-4(12)3(11)6-7-5(8)13/h1H2,(H,6,11)(H,7,13)(H,9,10). The van der Waals surface area contributed by atoms with Crippen LogP contribution in [0.5, 0.6) is 0 Å². The number of nitrogens with zero attached hydrogens (tertiary/aromatic N) is 1. The van der Waals surface area contributed by atoms with Crippen LogP contribution in [0, 0.1) is 4.77 Å². The number of carbonyl (C=O) groups is 1. The third-order valence-electron chi connectivity index (χ3n) is 1.26. The number of rotatable bonds is 2. The molecule has 1 rings (SSSR count). The van der Waals surface area contributed by atoms with Gasteiger partial charge in [0.1, 0.15) is 6.54 Å². The number of carboxylic acid groups (broad SMARTS) is 1. The number of aromatic nitrogens is 3. The summed E-state index contributed by atoms with van der Waals surface area (Å²) in [6.45, 7) is -0.627. The van der Waals surface area contributed by atoms with Crippen LogP contribution in [-0.2, 0) is 11.3 Å². The van der Waals surface area contributed by atoms with Crippen LogP contribution in [0.3, 0.4) is 0 Å². The van der Waals surface area contributed by atoms with E-state index in [1.165, 1.54) is 0 Å². The first-order valence-corrected chi connectivity index (χ1v) is 3.57. The highest BCUT2D eigenvalue weighted by Gasteiger charge is 2.05. The molecule has 0 amide bonds. The lowest BCUT2D eigenvalue weighted by Crippen LogP contribution is -2.39. The SMILES string of the molecule is O=C(O)Cn1c(=S)[nH][nH]c(=O)c1=O. The smallest absolute Gasteiger partial charge is 0.328 e. The fourth-order valence-corrected chi connectivity index (χ4v) is 0.923. The van der Waals surface area contributed by atoms with Crippen LogP contribution in [0.25, 0.3) is 0 Å². The molecule has 0 atom stereocenters. The normalized spacial score (nSPS) is 9.85. The Morgan fingerprint density at radius 2 is 2.08 bits per heavy atom. The van der Waals surface area contributed by atoms with Gasteiger partial charge in [-0.25, -0.2) is 0 Å². The molecule has 0 saturated carbocycles. The summed E-state index contributed by atoms with van der Waals surface area (Å²) in [5.41, 5.74) is -1.92. The zero-order valence-corrected chi connectivity index (χ0v) is 7.05. The third kappa shape index (κ3) is 1.90. The summed E-state index contributed by atoms with van der Waals surface area (Å²) in [4.78, 5) is 32.0. The first kappa shape index (κ1) is 9.39. The molecule has 0 unspecified atom stereocenters. The van der Waals surface area contributed by atoms with Gasteiger partial charge in [-0.15, -0.1) is 0 Å². The van der Waals surface area contributed by atoms with Crippen LogP contribution in [0.4, 0.5) is 0 Å². The first-order chi connectivity index (χ1) is 6.02. The van der Waals surface area contributed by atoms with Crippen LogP contribution in [0.15, 0.2) is 9.59 Å². The number of nitrogens with one attached hydrogen (secondary N) is 2. The van der Waals surface area contributed by atoms with Crippen molar-refractivity contribution in [3.8, 4) is 0 Å². The maximum Gasteiger partial charge on any atom is 0.328 e. The summed E-state index contributed by atoms with van der Waals surface area (Å²) in [5.74, 6) is -1.24. The van der Waals surface area contributed by atoms with Crippen molar-refractivity contribution in [2.75, 3.05) is 0 Å². The molecule has 0 fully saturated rings. The highest BCUT2D eigenvalue weighted by atomic mass is 32.1. The van der Waals surface area contributed by atoms with Gasteiger partial charge in [0.15, 0.2) is 4.77 Å². The molecule has 1 aromatic rings. The van der Waals surface area contributed by atoms with Gasteiger partial charge in [-0.2, -0.15) is 0 Å². The molecule has 70 valence electrons. The maximum atomic E-state index is 11.0. The molecule has 0 radical (unpaired) electrons. The van der Waals surface area contributed by atoms with Gasteiger partial charge in [0.05, 0.1) is 0 Å². The summed E-state index contributed by atoms with van der Waals surface area (Å²) in [5, 5.41) is 12.5. The Hall–Kier alpha value is -1.70. The highest BCUT2D eigenvalue weighted by Crippen LogP contribution is 1.78. The summed E-state index contributed by atoms with van der Waals surface area (Å²) in [6.07, 6.45) is 0. The lowest BCUT2D eigenvalue weighted by molar-refractivity contribution is -0.137. The van der Waals surface area contributed by atoms with E-state index < -0.39 is 23.6 Å². The van der Waals surface area contributed by atoms with E-state index in [4.69, 9.17) is 5.11 Å². The minimum atomic E-state index is -1.24. The van der Waals surface area contributed by atoms with Gasteiger partial charge in [0, 0.05) is 0 Å². The molecule has 13 heavy (non-hydrogen) atoms. The second-order valence-electron chi connectivity index (χ2n) is 2.17. The number of aliphatic carboxylic acids is 1. The van der Waals surface area contributed by atoms with Gasteiger partial charge in [0.25, 0.3) is 0 Å². The fraction of sp³-hybridized carbons (Fsp3) is 0.200. The largest absolute Gasteiger partial charge is 0.480 e. The van der Waals surface area contributed by atoms with Gasteiger partial charge in [0.2, 0.25) is 0 Å². The average Bonchev–Trinajstić information content (AvgIpc) is 2.05. The van der Waals surface area contributed by atoms with Gasteiger partial charge in [-0.05, 0) is 12.2 Å². The number of hydrogen-bond donors (Lipinski definition) is 3. The highest BCUT2D eigenvalue weighted by molar-refractivity contribution is 7.71. The minimum absolute atomic E-state index is 0.132. The van der Waals surface area contributed by atoms with E-state index in [0.29, 0.717) is 4.57 Å². The number of aromatic amines is 2. The molecule has 8 heteroatoms. The molecule has 0 aliphatic rings. The van der Waals surface area contributed by atoms with Crippen molar-refractivity contribution in [3.05, 3.63) is 25.5 Å². The monoisotopic (exact) mass is 203 g/mol. The summed E-state index contributed by atoms with van der Waals surface area (Å²) >= 11 is 4.59. The molecular weight excluding hydrogens is 198 g/mol. The zero-order valence-electron chi connectivity index (χ0n) is 6.23. The molecular formula is C5H5N3O4S. The van der Waals surface area contributed by atoms with Crippen molar-refractivity contribution in [1.82, 2.24) is 14.8 Å². The molecule has 0 spiro atoms. The lowest BCUT2D eigenvalue weighted by atomic mass is 10.6. The van der Waals surface area contributed by atoms with E-state index in [2.05, 4.69) is 17.3 Å². The average molecular weight is 203 g/mol. The van der Waals surface area contributed by atoms with E-state index in [0.717, 1.165) is 0 Å². The second-order valence-corrected chi connectivity index (χ2v) is 2.56. The van der Waals surface area contributed by atoms with Crippen molar-refractivity contribution in [2.45, 2.75) is 6.54 Å². The lowest BCUT2D eigenvalue weighted by Gasteiger charge is -1.98. The van der Waals surface area contributed by atoms with Gasteiger partial charge in [-0.3, -0.25) is 29.1 Å². The van der Waals surface area contributed by atoms with E-state index in [1.54, 1.807) is 0 Å².